The number of aryl methyl sites for hydroxylation is 2. The second kappa shape index (κ2) is 5.85. The van der Waals surface area contributed by atoms with Crippen molar-refractivity contribution < 1.29 is 4.39 Å². The molecule has 0 bridgehead atoms. The third kappa shape index (κ3) is 2.70. The van der Waals surface area contributed by atoms with Gasteiger partial charge in [-0.1, -0.05) is 60.7 Å². The van der Waals surface area contributed by atoms with Crippen LogP contribution in [0, 0.1) is 5.82 Å². The summed E-state index contributed by atoms with van der Waals surface area (Å²) in [6.45, 7) is 0. The van der Waals surface area contributed by atoms with Gasteiger partial charge in [-0.25, -0.2) is 4.39 Å². The average molecular weight is 300 g/mol. The van der Waals surface area contributed by atoms with Gasteiger partial charge in [0.2, 0.25) is 0 Å². The van der Waals surface area contributed by atoms with Crippen molar-refractivity contribution in [2.24, 2.45) is 0 Å². The highest BCUT2D eigenvalue weighted by atomic mass is 19.1. The monoisotopic (exact) mass is 300 g/mol. The van der Waals surface area contributed by atoms with Crippen LogP contribution in [0.3, 0.4) is 0 Å². The molecule has 23 heavy (non-hydrogen) atoms. The van der Waals surface area contributed by atoms with Crippen LogP contribution in [0.5, 0.6) is 0 Å². The van der Waals surface area contributed by atoms with Crippen molar-refractivity contribution in [3.63, 3.8) is 0 Å². The maximum absolute atomic E-state index is 13.2. The Hall–Kier alpha value is -2.67. The van der Waals surface area contributed by atoms with Crippen molar-refractivity contribution in [1.29, 1.82) is 0 Å². The Labute approximate surface area is 135 Å². The van der Waals surface area contributed by atoms with E-state index in [0.29, 0.717) is 0 Å². The molecular weight excluding hydrogens is 283 g/mol. The van der Waals surface area contributed by atoms with Crippen molar-refractivity contribution in [3.05, 3.63) is 106 Å². The molecule has 1 aliphatic carbocycles. The third-order valence-electron chi connectivity index (χ3n) is 4.46. The zero-order valence-electron chi connectivity index (χ0n) is 12.8. The van der Waals surface area contributed by atoms with Crippen LogP contribution in [0.1, 0.15) is 27.8 Å². The van der Waals surface area contributed by atoms with E-state index in [4.69, 9.17) is 0 Å². The lowest BCUT2D eigenvalue weighted by Gasteiger charge is -2.12. The van der Waals surface area contributed by atoms with Gasteiger partial charge in [-0.15, -0.1) is 0 Å². The summed E-state index contributed by atoms with van der Waals surface area (Å²) in [5, 5.41) is 0. The minimum Gasteiger partial charge on any atom is -0.207 e. The molecule has 0 atom stereocenters. The maximum Gasteiger partial charge on any atom is 0.123 e. The highest BCUT2D eigenvalue weighted by Crippen LogP contribution is 2.34. The fraction of sp³-hybridized carbons (Fsp3) is 0.0909. The molecule has 0 nitrogen and oxygen atoms in total. The second-order valence-corrected chi connectivity index (χ2v) is 5.92. The molecule has 0 spiro atoms. The number of halogens is 1. The molecule has 3 aromatic carbocycles. The van der Waals surface area contributed by atoms with Crippen LogP contribution >= 0.6 is 0 Å². The Balaban J connectivity index is 1.94. The van der Waals surface area contributed by atoms with Gasteiger partial charge < -0.3 is 0 Å². The molecule has 112 valence electrons. The van der Waals surface area contributed by atoms with Gasteiger partial charge in [-0.3, -0.25) is 0 Å². The number of rotatable bonds is 1. The summed E-state index contributed by atoms with van der Waals surface area (Å²) < 4.78 is 13.2. The summed E-state index contributed by atoms with van der Waals surface area (Å²) >= 11 is 0. The Bertz CT molecular complexity index is 823. The lowest BCUT2D eigenvalue weighted by molar-refractivity contribution is 0.628. The normalized spacial score (nSPS) is 13.0. The summed E-state index contributed by atoms with van der Waals surface area (Å²) in [4.78, 5) is 0. The number of hydrogen-bond acceptors (Lipinski definition) is 0. The van der Waals surface area contributed by atoms with E-state index in [0.717, 1.165) is 18.4 Å². The van der Waals surface area contributed by atoms with Gasteiger partial charge in [0.1, 0.15) is 5.82 Å². The molecule has 0 aromatic heterocycles. The molecule has 0 N–H and O–H groups in total. The second-order valence-electron chi connectivity index (χ2n) is 5.92. The predicted octanol–water partition coefficient (Wildman–Crippen LogP) is 5.51. The average Bonchev–Trinajstić information content (AvgIpc) is 2.75. The van der Waals surface area contributed by atoms with E-state index in [2.05, 4.69) is 54.6 Å². The Morgan fingerprint density at radius 1 is 0.652 bits per heavy atom. The molecule has 0 saturated carbocycles. The zero-order chi connectivity index (χ0) is 15.6. The summed E-state index contributed by atoms with van der Waals surface area (Å²) in [6, 6.07) is 23.9. The molecule has 0 radical (unpaired) electrons. The van der Waals surface area contributed by atoms with Crippen molar-refractivity contribution in [3.8, 4) is 0 Å². The first-order chi connectivity index (χ1) is 11.3. The minimum atomic E-state index is -0.200. The summed E-state index contributed by atoms with van der Waals surface area (Å²) in [5.74, 6) is -0.200. The Morgan fingerprint density at radius 3 is 1.74 bits per heavy atom. The molecule has 1 heteroatoms. The van der Waals surface area contributed by atoms with Gasteiger partial charge in [0.25, 0.3) is 0 Å². The molecule has 3 aromatic rings. The molecule has 0 amide bonds. The molecule has 0 heterocycles. The molecule has 0 aliphatic heterocycles. The summed E-state index contributed by atoms with van der Waals surface area (Å²) in [7, 11) is 0. The fourth-order valence-corrected chi connectivity index (χ4v) is 3.30. The van der Waals surface area contributed by atoms with Crippen molar-refractivity contribution in [2.45, 2.75) is 12.8 Å². The van der Waals surface area contributed by atoms with E-state index >= 15 is 0 Å². The number of hydrogen-bond donors (Lipinski definition) is 0. The van der Waals surface area contributed by atoms with E-state index < -0.39 is 0 Å². The SMILES string of the molecule is Fc1ccc(C=C2c3ccccc3CCc3ccccc32)cc1. The smallest absolute Gasteiger partial charge is 0.123 e. The predicted molar refractivity (Wildman–Crippen MR) is 93.7 cm³/mol. The van der Waals surface area contributed by atoms with E-state index in [1.807, 2.05) is 12.1 Å². The van der Waals surface area contributed by atoms with Gasteiger partial charge in [0.05, 0.1) is 0 Å². The van der Waals surface area contributed by atoms with Gasteiger partial charge in [-0.2, -0.15) is 0 Å². The molecular formula is C22H17F. The fourth-order valence-electron chi connectivity index (χ4n) is 3.30. The lowest BCUT2D eigenvalue weighted by atomic mass is 9.92. The van der Waals surface area contributed by atoms with Crippen LogP contribution in [-0.4, -0.2) is 0 Å². The number of benzene rings is 3. The molecule has 0 saturated heterocycles. The van der Waals surface area contributed by atoms with E-state index in [-0.39, 0.29) is 5.82 Å². The van der Waals surface area contributed by atoms with Crippen molar-refractivity contribution in [2.75, 3.05) is 0 Å². The first-order valence-electron chi connectivity index (χ1n) is 7.95. The first kappa shape index (κ1) is 14.0. The van der Waals surface area contributed by atoms with Crippen LogP contribution < -0.4 is 0 Å². The minimum absolute atomic E-state index is 0.200. The lowest BCUT2D eigenvalue weighted by Crippen LogP contribution is -1.92. The highest BCUT2D eigenvalue weighted by molar-refractivity contribution is 5.94. The topological polar surface area (TPSA) is 0 Å². The van der Waals surface area contributed by atoms with E-state index in [1.54, 1.807) is 0 Å². The van der Waals surface area contributed by atoms with E-state index in [1.165, 1.54) is 40.0 Å². The van der Waals surface area contributed by atoms with Gasteiger partial charge in [0.15, 0.2) is 0 Å². The first-order valence-corrected chi connectivity index (χ1v) is 7.95. The molecule has 0 fully saturated rings. The zero-order valence-corrected chi connectivity index (χ0v) is 12.8. The Morgan fingerprint density at radius 2 is 1.17 bits per heavy atom. The maximum atomic E-state index is 13.2. The van der Waals surface area contributed by atoms with Crippen LogP contribution in [0.4, 0.5) is 4.39 Å². The Kier molecular flexibility index (Phi) is 3.55. The van der Waals surface area contributed by atoms with Crippen LogP contribution in [0.2, 0.25) is 0 Å². The summed E-state index contributed by atoms with van der Waals surface area (Å²) in [6.07, 6.45) is 4.27. The number of fused-ring (bicyclic) bond motifs is 2. The molecule has 0 unspecified atom stereocenters. The quantitative estimate of drug-likeness (QED) is 0.555. The van der Waals surface area contributed by atoms with Crippen molar-refractivity contribution >= 4 is 11.6 Å². The molecule has 4 rings (SSSR count). The third-order valence-corrected chi connectivity index (χ3v) is 4.46. The largest absolute Gasteiger partial charge is 0.207 e. The molecule has 1 aliphatic rings. The van der Waals surface area contributed by atoms with Crippen LogP contribution in [-0.2, 0) is 12.8 Å². The highest BCUT2D eigenvalue weighted by Gasteiger charge is 2.17. The van der Waals surface area contributed by atoms with Gasteiger partial charge in [-0.05, 0) is 64.4 Å². The van der Waals surface area contributed by atoms with Crippen molar-refractivity contribution in [1.82, 2.24) is 0 Å². The van der Waals surface area contributed by atoms with Gasteiger partial charge in [0, 0.05) is 0 Å². The van der Waals surface area contributed by atoms with E-state index in [9.17, 15) is 4.39 Å². The standard InChI is InChI=1S/C22H17F/c23-19-13-9-16(10-14-19)15-22-20-7-3-1-5-17(20)11-12-18-6-2-4-8-21(18)22/h1-10,13-15H,11-12H2. The van der Waals surface area contributed by atoms with Gasteiger partial charge >= 0.3 is 0 Å². The van der Waals surface area contributed by atoms with Crippen LogP contribution in [0.25, 0.3) is 11.6 Å². The van der Waals surface area contributed by atoms with Crippen LogP contribution in [0.15, 0.2) is 72.8 Å². The summed E-state index contributed by atoms with van der Waals surface area (Å²) in [5.41, 5.74) is 7.55.